The van der Waals surface area contributed by atoms with Crippen LogP contribution < -0.4 is 5.32 Å². The molecule has 1 aromatic carbocycles. The maximum atomic E-state index is 12.1. The number of nitrogens with one attached hydrogen (secondary N) is 1. The van der Waals surface area contributed by atoms with Gasteiger partial charge in [0.05, 0.1) is 18.8 Å². The summed E-state index contributed by atoms with van der Waals surface area (Å²) in [5.41, 5.74) is 1.57. The predicted molar refractivity (Wildman–Crippen MR) is 87.1 cm³/mol. The zero-order valence-corrected chi connectivity index (χ0v) is 14.8. The minimum Gasteiger partial charge on any atom is -0.395 e. The van der Waals surface area contributed by atoms with Crippen LogP contribution in [-0.4, -0.2) is 35.0 Å². The van der Waals surface area contributed by atoms with Crippen molar-refractivity contribution < 1.29 is 14.7 Å². The Kier molecular flexibility index (Phi) is 5.08. The molecule has 0 saturated carbocycles. The van der Waals surface area contributed by atoms with E-state index in [0.717, 1.165) is 10.5 Å². The van der Waals surface area contributed by atoms with E-state index in [1.165, 1.54) is 6.08 Å². The SMILES string of the molecule is Cc1c(Cl)cc(Br)c(NC2=CC(=O)N(CCO)C2=O)c1Br. The third kappa shape index (κ3) is 3.15. The molecule has 1 aliphatic rings. The summed E-state index contributed by atoms with van der Waals surface area (Å²) in [5, 5.41) is 12.4. The summed E-state index contributed by atoms with van der Waals surface area (Å²) in [6.07, 6.45) is 1.21. The Bertz CT molecular complexity index is 661. The van der Waals surface area contributed by atoms with Gasteiger partial charge in [-0.2, -0.15) is 0 Å². The first-order valence-electron chi connectivity index (χ1n) is 5.96. The molecule has 2 N–H and O–H groups in total. The van der Waals surface area contributed by atoms with Crippen molar-refractivity contribution in [2.45, 2.75) is 6.92 Å². The van der Waals surface area contributed by atoms with Crippen molar-refractivity contribution in [1.29, 1.82) is 0 Å². The highest BCUT2D eigenvalue weighted by Gasteiger charge is 2.31. The summed E-state index contributed by atoms with van der Waals surface area (Å²) in [5.74, 6) is -0.921. The van der Waals surface area contributed by atoms with E-state index < -0.39 is 11.8 Å². The summed E-state index contributed by atoms with van der Waals surface area (Å²) in [6, 6.07) is 1.71. The molecule has 8 heteroatoms. The van der Waals surface area contributed by atoms with Gasteiger partial charge in [-0.25, -0.2) is 0 Å². The molecule has 0 atom stereocenters. The molecule has 2 amide bonds. The molecule has 0 aliphatic carbocycles. The van der Waals surface area contributed by atoms with Gasteiger partial charge in [0.1, 0.15) is 5.70 Å². The summed E-state index contributed by atoms with van der Waals surface area (Å²) in [4.78, 5) is 24.8. The fourth-order valence-corrected chi connectivity index (χ4v) is 3.62. The first-order chi connectivity index (χ1) is 9.86. The van der Waals surface area contributed by atoms with E-state index in [1.807, 2.05) is 6.92 Å². The van der Waals surface area contributed by atoms with E-state index in [9.17, 15) is 9.59 Å². The summed E-state index contributed by atoms with van der Waals surface area (Å²) in [6.45, 7) is 1.53. The van der Waals surface area contributed by atoms with Crippen LogP contribution >= 0.6 is 43.5 Å². The molecule has 0 bridgehead atoms. The minimum absolute atomic E-state index is 0.0265. The Labute approximate surface area is 143 Å². The molecule has 0 unspecified atom stereocenters. The van der Waals surface area contributed by atoms with Gasteiger partial charge in [0.25, 0.3) is 11.8 Å². The van der Waals surface area contributed by atoms with E-state index in [-0.39, 0.29) is 18.8 Å². The van der Waals surface area contributed by atoms with E-state index >= 15 is 0 Å². The van der Waals surface area contributed by atoms with Crippen LogP contribution in [0.2, 0.25) is 5.02 Å². The van der Waals surface area contributed by atoms with Crippen molar-refractivity contribution in [3.63, 3.8) is 0 Å². The average Bonchev–Trinajstić information content (AvgIpc) is 2.69. The van der Waals surface area contributed by atoms with Crippen molar-refractivity contribution in [3.05, 3.63) is 37.4 Å². The van der Waals surface area contributed by atoms with Gasteiger partial charge in [-0.3, -0.25) is 14.5 Å². The van der Waals surface area contributed by atoms with Gasteiger partial charge in [-0.05, 0) is 50.4 Å². The van der Waals surface area contributed by atoms with Gasteiger partial charge in [-0.15, -0.1) is 0 Å². The molecular formula is C13H11Br2ClN2O3. The lowest BCUT2D eigenvalue weighted by atomic mass is 10.2. The van der Waals surface area contributed by atoms with Crippen LogP contribution in [0, 0.1) is 6.92 Å². The average molecular weight is 439 g/mol. The maximum absolute atomic E-state index is 12.1. The summed E-state index contributed by atoms with van der Waals surface area (Å²) < 4.78 is 1.36. The van der Waals surface area contributed by atoms with Crippen LogP contribution in [-0.2, 0) is 9.59 Å². The molecular weight excluding hydrogens is 427 g/mol. The monoisotopic (exact) mass is 436 g/mol. The lowest BCUT2D eigenvalue weighted by Crippen LogP contribution is -2.34. The van der Waals surface area contributed by atoms with Gasteiger partial charge < -0.3 is 10.4 Å². The van der Waals surface area contributed by atoms with E-state index in [4.69, 9.17) is 16.7 Å². The number of hydrogen-bond donors (Lipinski definition) is 2. The highest BCUT2D eigenvalue weighted by atomic mass is 79.9. The number of nitrogens with zero attached hydrogens (tertiary/aromatic N) is 1. The highest BCUT2D eigenvalue weighted by Crippen LogP contribution is 2.38. The molecule has 5 nitrogen and oxygen atoms in total. The molecule has 21 heavy (non-hydrogen) atoms. The number of imide groups is 1. The fraction of sp³-hybridized carbons (Fsp3) is 0.231. The molecule has 0 radical (unpaired) electrons. The number of benzene rings is 1. The van der Waals surface area contributed by atoms with Crippen LogP contribution in [0.4, 0.5) is 5.69 Å². The van der Waals surface area contributed by atoms with Crippen LogP contribution in [0.3, 0.4) is 0 Å². The van der Waals surface area contributed by atoms with Gasteiger partial charge in [0, 0.05) is 20.0 Å². The summed E-state index contributed by atoms with van der Waals surface area (Å²) in [7, 11) is 0. The van der Waals surface area contributed by atoms with Crippen LogP contribution in [0.15, 0.2) is 26.8 Å². The first-order valence-corrected chi connectivity index (χ1v) is 7.92. The third-order valence-electron chi connectivity index (χ3n) is 2.99. The van der Waals surface area contributed by atoms with Gasteiger partial charge >= 0.3 is 0 Å². The smallest absolute Gasteiger partial charge is 0.277 e. The van der Waals surface area contributed by atoms with Crippen LogP contribution in [0.1, 0.15) is 5.56 Å². The minimum atomic E-state index is -0.472. The fourth-order valence-electron chi connectivity index (χ4n) is 1.85. The van der Waals surface area contributed by atoms with Crippen molar-refractivity contribution in [2.75, 3.05) is 18.5 Å². The Morgan fingerprint density at radius 3 is 2.67 bits per heavy atom. The second-order valence-corrected chi connectivity index (χ2v) is 6.41. The van der Waals surface area contributed by atoms with E-state index in [0.29, 0.717) is 19.7 Å². The Morgan fingerprint density at radius 2 is 2.05 bits per heavy atom. The third-order valence-corrected chi connectivity index (χ3v) is 5.00. The number of rotatable bonds is 4. The normalized spacial score (nSPS) is 14.7. The topological polar surface area (TPSA) is 69.6 Å². The molecule has 0 spiro atoms. The Balaban J connectivity index is 2.32. The molecule has 1 aromatic rings. The molecule has 112 valence electrons. The number of carbonyl (C=O) groups is 2. The quantitative estimate of drug-likeness (QED) is 0.710. The van der Waals surface area contributed by atoms with Crippen molar-refractivity contribution in [1.82, 2.24) is 4.90 Å². The second-order valence-electron chi connectivity index (χ2n) is 4.36. The molecule has 1 heterocycles. The van der Waals surface area contributed by atoms with Gasteiger partial charge in [0.2, 0.25) is 0 Å². The number of halogens is 3. The predicted octanol–water partition coefficient (Wildman–Crippen LogP) is 2.83. The Hall–Kier alpha value is -0.890. The molecule has 2 rings (SSSR count). The number of hydrogen-bond acceptors (Lipinski definition) is 4. The lowest BCUT2D eigenvalue weighted by Gasteiger charge is -2.16. The summed E-state index contributed by atoms with van der Waals surface area (Å²) >= 11 is 12.8. The van der Waals surface area contributed by atoms with Crippen molar-refractivity contribution in [2.24, 2.45) is 0 Å². The molecule has 0 fully saturated rings. The second kappa shape index (κ2) is 6.48. The molecule has 1 aliphatic heterocycles. The zero-order chi connectivity index (χ0) is 15.7. The van der Waals surface area contributed by atoms with Gasteiger partial charge in [0.15, 0.2) is 0 Å². The molecule has 0 saturated heterocycles. The maximum Gasteiger partial charge on any atom is 0.277 e. The number of carbonyl (C=O) groups excluding carboxylic acids is 2. The largest absolute Gasteiger partial charge is 0.395 e. The number of aliphatic hydroxyl groups excluding tert-OH is 1. The number of aliphatic hydroxyl groups is 1. The number of amides is 2. The van der Waals surface area contributed by atoms with E-state index in [2.05, 4.69) is 37.2 Å². The van der Waals surface area contributed by atoms with Crippen LogP contribution in [0.5, 0.6) is 0 Å². The molecule has 0 aromatic heterocycles. The Morgan fingerprint density at radius 1 is 1.38 bits per heavy atom. The first kappa shape index (κ1) is 16.5. The highest BCUT2D eigenvalue weighted by molar-refractivity contribution is 9.11. The van der Waals surface area contributed by atoms with Crippen LogP contribution in [0.25, 0.3) is 0 Å². The van der Waals surface area contributed by atoms with Gasteiger partial charge in [-0.1, -0.05) is 11.6 Å². The number of anilines is 1. The zero-order valence-electron chi connectivity index (χ0n) is 10.9. The van der Waals surface area contributed by atoms with E-state index in [1.54, 1.807) is 6.07 Å². The lowest BCUT2D eigenvalue weighted by molar-refractivity contribution is -0.137. The van der Waals surface area contributed by atoms with Crippen molar-refractivity contribution >= 4 is 61.0 Å². The standard InChI is InChI=1S/C13H11Br2ClN2O3/c1-6-8(16)4-7(14)12(11(6)15)17-9-5-10(20)18(2-3-19)13(9)21/h4-5,17,19H,2-3H2,1H3. The van der Waals surface area contributed by atoms with Crippen molar-refractivity contribution in [3.8, 4) is 0 Å². The number of β-amino-alcohol motifs (C(OH)–C–C–N with tert-alkyl or cyclic N) is 1.